The minimum atomic E-state index is -0.330. The van der Waals surface area contributed by atoms with E-state index in [2.05, 4.69) is 15.8 Å². The Morgan fingerprint density at radius 3 is 2.48 bits per heavy atom. The molecule has 8 heteroatoms. The number of para-hydroxylation sites is 1. The average molecular weight is 466 g/mol. The third kappa shape index (κ3) is 6.57. The van der Waals surface area contributed by atoms with Crippen LogP contribution in [0, 0.1) is 13.8 Å². The lowest BCUT2D eigenvalue weighted by Crippen LogP contribution is -2.21. The second-order valence-corrected chi connectivity index (χ2v) is 7.66. The van der Waals surface area contributed by atoms with Crippen LogP contribution in [-0.4, -0.2) is 31.7 Å². The number of nitrogens with one attached hydrogen (secondary N) is 2. The monoisotopic (exact) mass is 465 g/mol. The van der Waals surface area contributed by atoms with Crippen LogP contribution in [0.25, 0.3) is 0 Å². The summed E-state index contributed by atoms with van der Waals surface area (Å²) < 4.78 is 11.0. The number of carbonyl (C=O) groups is 2. The maximum absolute atomic E-state index is 12.3. The number of nitrogens with zero attached hydrogens (tertiary/aromatic N) is 1. The quantitative estimate of drug-likeness (QED) is 0.371. The molecule has 3 aromatic rings. The fraction of sp³-hybridized carbons (Fsp3) is 0.160. The summed E-state index contributed by atoms with van der Waals surface area (Å²) in [6, 6.07) is 17.8. The first-order valence-corrected chi connectivity index (χ1v) is 10.5. The molecule has 3 rings (SSSR count). The number of hydrogen-bond donors (Lipinski definition) is 2. The predicted octanol–water partition coefficient (Wildman–Crippen LogP) is 4.75. The highest BCUT2D eigenvalue weighted by Gasteiger charge is 2.14. The Balaban J connectivity index is 1.63. The predicted molar refractivity (Wildman–Crippen MR) is 130 cm³/mol. The molecule has 0 spiro atoms. The van der Waals surface area contributed by atoms with E-state index in [1.807, 2.05) is 50.2 Å². The number of carbonyl (C=O) groups excluding carboxylic acids is 2. The first-order valence-electron chi connectivity index (χ1n) is 10.1. The highest BCUT2D eigenvalue weighted by atomic mass is 35.5. The lowest BCUT2D eigenvalue weighted by Gasteiger charge is -2.14. The van der Waals surface area contributed by atoms with Crippen molar-refractivity contribution in [3.8, 4) is 11.5 Å². The maximum atomic E-state index is 12.3. The van der Waals surface area contributed by atoms with Gasteiger partial charge in [-0.2, -0.15) is 5.10 Å². The molecule has 0 atom stereocenters. The molecule has 0 heterocycles. The molecule has 0 unspecified atom stereocenters. The lowest BCUT2D eigenvalue weighted by molar-refractivity contribution is -0.118. The van der Waals surface area contributed by atoms with Gasteiger partial charge in [-0.3, -0.25) is 9.59 Å². The van der Waals surface area contributed by atoms with Gasteiger partial charge < -0.3 is 14.8 Å². The third-order valence-corrected chi connectivity index (χ3v) is 4.99. The van der Waals surface area contributed by atoms with Crippen molar-refractivity contribution < 1.29 is 19.1 Å². The number of methoxy groups -OCH3 is 1. The zero-order valence-electron chi connectivity index (χ0n) is 18.5. The summed E-state index contributed by atoms with van der Waals surface area (Å²) >= 11 is 6.35. The SMILES string of the molecule is COc1cc(/C=N/NC(=O)c2ccc(C)cc2)cc(Cl)c1OCC(=O)Nc1ccccc1C. The van der Waals surface area contributed by atoms with E-state index in [1.165, 1.54) is 13.3 Å². The lowest BCUT2D eigenvalue weighted by atomic mass is 10.1. The van der Waals surface area contributed by atoms with Gasteiger partial charge in [-0.1, -0.05) is 47.5 Å². The summed E-state index contributed by atoms with van der Waals surface area (Å²) in [5.74, 6) is -0.0896. The largest absolute Gasteiger partial charge is 0.493 e. The molecule has 2 N–H and O–H groups in total. The Labute approximate surface area is 197 Å². The summed E-state index contributed by atoms with van der Waals surface area (Å²) in [4.78, 5) is 24.4. The van der Waals surface area contributed by atoms with Gasteiger partial charge >= 0.3 is 0 Å². The topological polar surface area (TPSA) is 89.0 Å². The van der Waals surface area contributed by atoms with Crippen molar-refractivity contribution in [2.24, 2.45) is 5.10 Å². The Hall–Kier alpha value is -3.84. The van der Waals surface area contributed by atoms with E-state index in [-0.39, 0.29) is 29.2 Å². The Morgan fingerprint density at radius 1 is 1.06 bits per heavy atom. The number of amides is 2. The van der Waals surface area contributed by atoms with Gasteiger partial charge in [0.2, 0.25) is 0 Å². The number of hydrazone groups is 1. The molecule has 170 valence electrons. The van der Waals surface area contributed by atoms with Gasteiger partial charge in [0, 0.05) is 11.3 Å². The van der Waals surface area contributed by atoms with Gasteiger partial charge in [-0.05, 0) is 55.3 Å². The Bertz CT molecular complexity index is 1180. The van der Waals surface area contributed by atoms with E-state index in [1.54, 1.807) is 24.3 Å². The molecule has 33 heavy (non-hydrogen) atoms. The minimum absolute atomic E-state index is 0.236. The van der Waals surface area contributed by atoms with Gasteiger partial charge in [0.05, 0.1) is 18.3 Å². The van der Waals surface area contributed by atoms with Crippen LogP contribution in [0.1, 0.15) is 27.0 Å². The van der Waals surface area contributed by atoms with Crippen LogP contribution >= 0.6 is 11.6 Å². The fourth-order valence-electron chi connectivity index (χ4n) is 2.93. The Morgan fingerprint density at radius 2 is 1.79 bits per heavy atom. The number of hydrogen-bond acceptors (Lipinski definition) is 5. The first-order chi connectivity index (χ1) is 15.9. The van der Waals surface area contributed by atoms with Gasteiger partial charge in [-0.25, -0.2) is 5.43 Å². The maximum Gasteiger partial charge on any atom is 0.271 e. The smallest absolute Gasteiger partial charge is 0.271 e. The molecule has 0 saturated heterocycles. The van der Waals surface area contributed by atoms with Crippen molar-refractivity contribution >= 4 is 35.3 Å². The minimum Gasteiger partial charge on any atom is -0.493 e. The number of ether oxygens (including phenoxy) is 2. The number of aryl methyl sites for hydroxylation is 2. The highest BCUT2D eigenvalue weighted by Crippen LogP contribution is 2.36. The second kappa shape index (κ2) is 11.2. The first kappa shape index (κ1) is 23.8. The van der Waals surface area contributed by atoms with E-state index in [0.29, 0.717) is 22.6 Å². The van der Waals surface area contributed by atoms with Crippen LogP contribution in [0.15, 0.2) is 65.8 Å². The molecule has 0 aliphatic rings. The second-order valence-electron chi connectivity index (χ2n) is 7.25. The number of rotatable bonds is 8. The van der Waals surface area contributed by atoms with Crippen molar-refractivity contribution in [2.45, 2.75) is 13.8 Å². The standard InChI is InChI=1S/C25H24ClN3O4/c1-16-8-10-19(11-9-16)25(31)29-27-14-18-12-20(26)24(22(13-18)32-3)33-15-23(30)28-21-7-5-4-6-17(21)2/h4-14H,15H2,1-3H3,(H,28,30)(H,29,31)/b27-14+. The molecule has 0 aliphatic carbocycles. The molecule has 0 bridgehead atoms. The molecule has 3 aromatic carbocycles. The van der Waals surface area contributed by atoms with Crippen LogP contribution in [0.4, 0.5) is 5.69 Å². The van der Waals surface area contributed by atoms with Crippen molar-refractivity contribution in [3.63, 3.8) is 0 Å². The van der Waals surface area contributed by atoms with Gasteiger partial charge in [0.1, 0.15) is 0 Å². The third-order valence-electron chi connectivity index (χ3n) is 4.71. The molecule has 2 amide bonds. The molecule has 0 saturated carbocycles. The van der Waals surface area contributed by atoms with Gasteiger partial charge in [0.15, 0.2) is 18.1 Å². The summed E-state index contributed by atoms with van der Waals surface area (Å²) in [6.07, 6.45) is 1.44. The highest BCUT2D eigenvalue weighted by molar-refractivity contribution is 6.32. The number of benzene rings is 3. The number of anilines is 1. The van der Waals surface area contributed by atoms with E-state index in [9.17, 15) is 9.59 Å². The van der Waals surface area contributed by atoms with E-state index < -0.39 is 0 Å². The normalized spacial score (nSPS) is 10.7. The number of halogens is 1. The van der Waals surface area contributed by atoms with Gasteiger partial charge in [-0.15, -0.1) is 0 Å². The summed E-state index contributed by atoms with van der Waals surface area (Å²) in [5, 5.41) is 7.01. The summed E-state index contributed by atoms with van der Waals surface area (Å²) in [7, 11) is 1.46. The molecule has 0 aliphatic heterocycles. The molecular weight excluding hydrogens is 442 g/mol. The van der Waals surface area contributed by atoms with Crippen molar-refractivity contribution in [1.82, 2.24) is 5.43 Å². The molecule has 7 nitrogen and oxygen atoms in total. The summed E-state index contributed by atoms with van der Waals surface area (Å²) in [5.41, 5.74) is 6.27. The molecule has 0 aromatic heterocycles. The fourth-order valence-corrected chi connectivity index (χ4v) is 3.20. The van der Waals surface area contributed by atoms with E-state index >= 15 is 0 Å². The van der Waals surface area contributed by atoms with Crippen LogP contribution in [0.5, 0.6) is 11.5 Å². The summed E-state index contributed by atoms with van der Waals surface area (Å²) in [6.45, 7) is 3.60. The van der Waals surface area contributed by atoms with E-state index in [4.69, 9.17) is 21.1 Å². The Kier molecular flexibility index (Phi) is 8.05. The van der Waals surface area contributed by atoms with Crippen LogP contribution in [-0.2, 0) is 4.79 Å². The van der Waals surface area contributed by atoms with Crippen molar-refractivity contribution in [2.75, 3.05) is 19.0 Å². The van der Waals surface area contributed by atoms with Crippen LogP contribution in [0.3, 0.4) is 0 Å². The van der Waals surface area contributed by atoms with E-state index in [0.717, 1.165) is 11.1 Å². The molecule has 0 radical (unpaired) electrons. The molecule has 0 fully saturated rings. The van der Waals surface area contributed by atoms with Crippen LogP contribution in [0.2, 0.25) is 5.02 Å². The zero-order chi connectivity index (χ0) is 23.8. The zero-order valence-corrected chi connectivity index (χ0v) is 19.3. The van der Waals surface area contributed by atoms with Crippen LogP contribution < -0.4 is 20.2 Å². The average Bonchev–Trinajstić information content (AvgIpc) is 2.80. The van der Waals surface area contributed by atoms with Crippen molar-refractivity contribution in [1.29, 1.82) is 0 Å². The van der Waals surface area contributed by atoms with Gasteiger partial charge in [0.25, 0.3) is 11.8 Å². The van der Waals surface area contributed by atoms with Crippen molar-refractivity contribution in [3.05, 3.63) is 87.9 Å². The molecular formula is C25H24ClN3O4.